The minimum Gasteiger partial charge on any atom is -0.373 e. The number of rotatable bonds is 3. The molecule has 1 aromatic heterocycles. The first-order valence-corrected chi connectivity index (χ1v) is 5.93. The number of anilines is 2. The van der Waals surface area contributed by atoms with Crippen LogP contribution < -0.4 is 10.6 Å². The molecule has 0 saturated carbocycles. The highest BCUT2D eigenvalue weighted by Gasteiger charge is 2.16. The minimum atomic E-state index is -0.828. The molecule has 6 heteroatoms. The summed E-state index contributed by atoms with van der Waals surface area (Å²) in [6, 6.07) is 7.16. The lowest BCUT2D eigenvalue weighted by atomic mass is 10.2. The fraction of sp³-hybridized carbons (Fsp3) is 0.143. The van der Waals surface area contributed by atoms with Crippen molar-refractivity contribution in [2.75, 3.05) is 17.7 Å². The number of aromatic nitrogens is 1. The van der Waals surface area contributed by atoms with E-state index < -0.39 is 23.2 Å². The summed E-state index contributed by atoms with van der Waals surface area (Å²) in [4.78, 5) is 16.0. The largest absolute Gasteiger partial charge is 0.373 e. The monoisotopic (exact) mass is 277 g/mol. The average molecular weight is 277 g/mol. The summed E-state index contributed by atoms with van der Waals surface area (Å²) in [7, 11) is 1.66. The van der Waals surface area contributed by atoms with E-state index in [1.165, 1.54) is 19.1 Å². The number of halogens is 2. The van der Waals surface area contributed by atoms with Gasteiger partial charge in [-0.1, -0.05) is 12.1 Å². The number of benzene rings is 1. The molecule has 1 amide bonds. The average Bonchev–Trinajstić information content (AvgIpc) is 2.47. The molecule has 0 atom stereocenters. The highest BCUT2D eigenvalue weighted by molar-refractivity contribution is 6.03. The van der Waals surface area contributed by atoms with Crippen LogP contribution in [0.1, 0.15) is 16.1 Å². The molecule has 4 nitrogen and oxygen atoms in total. The fourth-order valence-electron chi connectivity index (χ4n) is 1.65. The van der Waals surface area contributed by atoms with Crippen LogP contribution in [-0.2, 0) is 0 Å². The van der Waals surface area contributed by atoms with Crippen LogP contribution in [0.25, 0.3) is 0 Å². The van der Waals surface area contributed by atoms with E-state index in [9.17, 15) is 13.6 Å². The number of pyridine rings is 1. The quantitative estimate of drug-likeness (QED) is 0.907. The Labute approximate surface area is 114 Å². The summed E-state index contributed by atoms with van der Waals surface area (Å²) in [6.07, 6.45) is 0. The number of carbonyl (C=O) groups excluding carboxylic acids is 1. The number of aryl methyl sites for hydroxylation is 1. The number of nitrogens with one attached hydrogen (secondary N) is 2. The first-order chi connectivity index (χ1) is 9.52. The predicted molar refractivity (Wildman–Crippen MR) is 72.8 cm³/mol. The van der Waals surface area contributed by atoms with Gasteiger partial charge in [0.05, 0.1) is 0 Å². The van der Waals surface area contributed by atoms with E-state index in [2.05, 4.69) is 15.6 Å². The Balaban J connectivity index is 2.30. The third kappa shape index (κ3) is 2.74. The molecular weight excluding hydrogens is 264 g/mol. The lowest BCUT2D eigenvalue weighted by molar-refractivity contribution is 0.102. The molecule has 2 aromatic rings. The molecule has 1 aromatic carbocycles. The molecule has 2 N–H and O–H groups in total. The topological polar surface area (TPSA) is 54.0 Å². The summed E-state index contributed by atoms with van der Waals surface area (Å²) in [6.45, 7) is 1.49. The zero-order chi connectivity index (χ0) is 14.7. The van der Waals surface area contributed by atoms with Gasteiger partial charge in [-0.15, -0.1) is 0 Å². The Morgan fingerprint density at radius 3 is 2.65 bits per heavy atom. The third-order valence-corrected chi connectivity index (χ3v) is 2.76. The van der Waals surface area contributed by atoms with Gasteiger partial charge in [-0.05, 0) is 30.7 Å². The number of amides is 1. The molecule has 0 unspecified atom stereocenters. The summed E-state index contributed by atoms with van der Waals surface area (Å²) >= 11 is 0. The van der Waals surface area contributed by atoms with Crippen molar-refractivity contribution in [3.05, 3.63) is 53.2 Å². The molecule has 0 aliphatic carbocycles. The van der Waals surface area contributed by atoms with Gasteiger partial charge in [0, 0.05) is 7.05 Å². The van der Waals surface area contributed by atoms with Crippen LogP contribution in [0.2, 0.25) is 0 Å². The van der Waals surface area contributed by atoms with Crippen LogP contribution >= 0.6 is 0 Å². The van der Waals surface area contributed by atoms with E-state index in [1.54, 1.807) is 19.2 Å². The van der Waals surface area contributed by atoms with Crippen LogP contribution in [0.5, 0.6) is 0 Å². The number of hydrogen-bond acceptors (Lipinski definition) is 3. The van der Waals surface area contributed by atoms with Crippen molar-refractivity contribution in [2.45, 2.75) is 6.92 Å². The maximum absolute atomic E-state index is 13.8. The Hall–Kier alpha value is -2.50. The highest BCUT2D eigenvalue weighted by Crippen LogP contribution is 2.22. The molecule has 104 valence electrons. The van der Waals surface area contributed by atoms with Gasteiger partial charge >= 0.3 is 0 Å². The van der Waals surface area contributed by atoms with Gasteiger partial charge in [0.2, 0.25) is 0 Å². The molecule has 20 heavy (non-hydrogen) atoms. The lowest BCUT2D eigenvalue weighted by Crippen LogP contribution is -2.16. The van der Waals surface area contributed by atoms with Crippen molar-refractivity contribution >= 4 is 17.4 Å². The van der Waals surface area contributed by atoms with Crippen LogP contribution in [0, 0.1) is 18.6 Å². The van der Waals surface area contributed by atoms with Crippen LogP contribution in [0.4, 0.5) is 20.3 Å². The number of nitrogens with zero attached hydrogens (tertiary/aromatic N) is 1. The summed E-state index contributed by atoms with van der Waals surface area (Å²) in [5.41, 5.74) is -0.151. The van der Waals surface area contributed by atoms with Gasteiger partial charge in [0.25, 0.3) is 5.91 Å². The fourth-order valence-corrected chi connectivity index (χ4v) is 1.65. The molecule has 0 radical (unpaired) electrons. The molecule has 0 fully saturated rings. The van der Waals surface area contributed by atoms with E-state index in [4.69, 9.17) is 0 Å². The standard InChI is InChI=1S/C14H13F2N3O/c1-8-6-7-9(15)13(12(8)16)19-14(20)10-4-3-5-11(17-2)18-10/h3-7H,1-2H3,(H,17,18)(H,19,20). The maximum atomic E-state index is 13.8. The SMILES string of the molecule is CNc1cccc(C(=O)Nc2c(F)ccc(C)c2F)n1. The Morgan fingerprint density at radius 1 is 1.20 bits per heavy atom. The van der Waals surface area contributed by atoms with Gasteiger partial charge in [-0.3, -0.25) is 4.79 Å². The summed E-state index contributed by atoms with van der Waals surface area (Å²) in [5, 5.41) is 4.99. The van der Waals surface area contributed by atoms with Gasteiger partial charge in [-0.2, -0.15) is 0 Å². The molecule has 1 heterocycles. The van der Waals surface area contributed by atoms with Crippen molar-refractivity contribution in [2.24, 2.45) is 0 Å². The Bertz CT molecular complexity index is 659. The molecule has 0 saturated heterocycles. The third-order valence-electron chi connectivity index (χ3n) is 2.76. The van der Waals surface area contributed by atoms with Crippen LogP contribution in [-0.4, -0.2) is 17.9 Å². The molecule has 0 aliphatic rings. The first-order valence-electron chi connectivity index (χ1n) is 5.93. The van der Waals surface area contributed by atoms with Crippen molar-refractivity contribution < 1.29 is 13.6 Å². The summed E-state index contributed by atoms with van der Waals surface area (Å²) < 4.78 is 27.4. The van der Waals surface area contributed by atoms with E-state index in [0.717, 1.165) is 6.07 Å². The van der Waals surface area contributed by atoms with E-state index in [1.807, 2.05) is 0 Å². The molecule has 2 rings (SSSR count). The van der Waals surface area contributed by atoms with Gasteiger partial charge in [-0.25, -0.2) is 13.8 Å². The number of hydrogen-bond donors (Lipinski definition) is 2. The predicted octanol–water partition coefficient (Wildman–Crippen LogP) is 2.96. The lowest BCUT2D eigenvalue weighted by Gasteiger charge is -2.09. The number of carbonyl (C=O) groups is 1. The van der Waals surface area contributed by atoms with Crippen molar-refractivity contribution in [1.29, 1.82) is 0 Å². The van der Waals surface area contributed by atoms with Crippen molar-refractivity contribution in [1.82, 2.24) is 4.98 Å². The van der Waals surface area contributed by atoms with Crippen molar-refractivity contribution in [3.63, 3.8) is 0 Å². The smallest absolute Gasteiger partial charge is 0.274 e. The zero-order valence-electron chi connectivity index (χ0n) is 11.0. The van der Waals surface area contributed by atoms with Gasteiger partial charge in [0.15, 0.2) is 5.82 Å². The molecule has 0 aliphatic heterocycles. The molecule has 0 spiro atoms. The second kappa shape index (κ2) is 5.64. The van der Waals surface area contributed by atoms with Crippen LogP contribution in [0.3, 0.4) is 0 Å². The zero-order valence-corrected chi connectivity index (χ0v) is 11.0. The van der Waals surface area contributed by atoms with Crippen LogP contribution in [0.15, 0.2) is 30.3 Å². The van der Waals surface area contributed by atoms with Gasteiger partial charge < -0.3 is 10.6 Å². The highest BCUT2D eigenvalue weighted by atomic mass is 19.1. The first kappa shape index (κ1) is 13.9. The van der Waals surface area contributed by atoms with E-state index in [-0.39, 0.29) is 11.3 Å². The second-order valence-electron chi connectivity index (χ2n) is 4.17. The van der Waals surface area contributed by atoms with E-state index >= 15 is 0 Å². The Kier molecular flexibility index (Phi) is 3.93. The summed E-state index contributed by atoms with van der Waals surface area (Å²) in [5.74, 6) is -1.80. The van der Waals surface area contributed by atoms with E-state index in [0.29, 0.717) is 5.82 Å². The second-order valence-corrected chi connectivity index (χ2v) is 4.17. The molecular formula is C14H13F2N3O. The van der Waals surface area contributed by atoms with Crippen molar-refractivity contribution in [3.8, 4) is 0 Å². The maximum Gasteiger partial charge on any atom is 0.274 e. The Morgan fingerprint density at radius 2 is 1.95 bits per heavy atom. The molecule has 0 bridgehead atoms. The normalized spacial score (nSPS) is 10.2. The van der Waals surface area contributed by atoms with Gasteiger partial charge in [0.1, 0.15) is 23.0 Å². The minimum absolute atomic E-state index is 0.0668.